The molecular weight excluding hydrogens is 246 g/mol. The molecule has 18 heavy (non-hydrogen) atoms. The van der Waals surface area contributed by atoms with E-state index in [0.29, 0.717) is 10.4 Å². The van der Waals surface area contributed by atoms with Gasteiger partial charge in [-0.15, -0.1) is 11.3 Å². The van der Waals surface area contributed by atoms with Crippen LogP contribution in [-0.2, 0) is 7.05 Å². The summed E-state index contributed by atoms with van der Waals surface area (Å²) in [4.78, 5) is 18.8. The van der Waals surface area contributed by atoms with Crippen molar-refractivity contribution in [1.82, 2.24) is 4.57 Å². The van der Waals surface area contributed by atoms with Crippen LogP contribution in [0.1, 0.15) is 10.4 Å². The highest BCUT2D eigenvalue weighted by molar-refractivity contribution is 7.07. The van der Waals surface area contributed by atoms with Gasteiger partial charge in [0.1, 0.15) is 0 Å². The maximum absolute atomic E-state index is 12.0. The molecule has 0 atom stereocenters. The summed E-state index contributed by atoms with van der Waals surface area (Å²) in [6.07, 6.45) is 1.88. The summed E-state index contributed by atoms with van der Waals surface area (Å²) in [6.45, 7) is 0. The lowest BCUT2D eigenvalue weighted by atomic mass is 10.2. The molecule has 2 rings (SSSR count). The molecule has 0 aliphatic carbocycles. The minimum atomic E-state index is -0.211. The average Bonchev–Trinajstić information content (AvgIpc) is 2.75. The number of benzene rings is 1. The summed E-state index contributed by atoms with van der Waals surface area (Å²) in [5.74, 6) is -0.211. The summed E-state index contributed by atoms with van der Waals surface area (Å²) in [5.41, 5.74) is 1.60. The number of hydrogen-bond acceptors (Lipinski definition) is 3. The molecule has 4 nitrogen and oxygen atoms in total. The quantitative estimate of drug-likeness (QED) is 0.828. The molecule has 1 amide bonds. The van der Waals surface area contributed by atoms with Gasteiger partial charge in [-0.3, -0.25) is 4.79 Å². The first-order valence-electron chi connectivity index (χ1n) is 5.54. The lowest BCUT2D eigenvalue weighted by Crippen LogP contribution is -2.13. The van der Waals surface area contributed by atoms with Crippen molar-refractivity contribution in [2.75, 3.05) is 19.0 Å². The van der Waals surface area contributed by atoms with Gasteiger partial charge in [0.05, 0.1) is 0 Å². The minimum Gasteiger partial charge on any atom is -0.378 e. The van der Waals surface area contributed by atoms with Crippen LogP contribution in [-0.4, -0.2) is 24.6 Å². The number of thiazole rings is 1. The van der Waals surface area contributed by atoms with Crippen LogP contribution in [0, 0.1) is 0 Å². The molecule has 0 aliphatic rings. The largest absolute Gasteiger partial charge is 0.378 e. The van der Waals surface area contributed by atoms with Gasteiger partial charge < -0.3 is 9.47 Å². The van der Waals surface area contributed by atoms with E-state index in [4.69, 9.17) is 0 Å². The fourth-order valence-electron chi connectivity index (χ4n) is 1.50. The Morgan fingerprint density at radius 2 is 2.17 bits per heavy atom. The molecule has 2 aromatic rings. The maximum Gasteiger partial charge on any atom is 0.279 e. The molecule has 0 bridgehead atoms. The Morgan fingerprint density at radius 1 is 1.39 bits per heavy atom. The third-order valence-corrected chi connectivity index (χ3v) is 3.41. The predicted octanol–water partition coefficient (Wildman–Crippen LogP) is 1.89. The van der Waals surface area contributed by atoms with Gasteiger partial charge in [-0.1, -0.05) is 6.07 Å². The highest BCUT2D eigenvalue weighted by Crippen LogP contribution is 2.13. The van der Waals surface area contributed by atoms with E-state index in [2.05, 4.69) is 4.99 Å². The van der Waals surface area contributed by atoms with Crippen molar-refractivity contribution in [2.45, 2.75) is 0 Å². The molecule has 0 aliphatic heterocycles. The minimum absolute atomic E-state index is 0.211. The Balaban J connectivity index is 2.36. The normalized spacial score (nSPS) is 11.6. The lowest BCUT2D eigenvalue weighted by molar-refractivity contribution is 0.0998. The van der Waals surface area contributed by atoms with Gasteiger partial charge in [0.25, 0.3) is 5.91 Å². The second-order valence-electron chi connectivity index (χ2n) is 4.16. The summed E-state index contributed by atoms with van der Waals surface area (Å²) >= 11 is 1.45. The maximum atomic E-state index is 12.0. The van der Waals surface area contributed by atoms with E-state index in [-0.39, 0.29) is 5.91 Å². The van der Waals surface area contributed by atoms with Crippen molar-refractivity contribution >= 4 is 22.9 Å². The van der Waals surface area contributed by atoms with Gasteiger partial charge in [0.2, 0.25) is 0 Å². The number of carbonyl (C=O) groups excluding carboxylic acids is 1. The molecule has 0 fully saturated rings. The van der Waals surface area contributed by atoms with Crippen molar-refractivity contribution in [3.8, 4) is 0 Å². The molecule has 0 radical (unpaired) electrons. The Morgan fingerprint density at radius 3 is 2.78 bits per heavy atom. The van der Waals surface area contributed by atoms with Gasteiger partial charge in [0.15, 0.2) is 4.80 Å². The molecule has 0 spiro atoms. The lowest BCUT2D eigenvalue weighted by Gasteiger charge is -2.12. The van der Waals surface area contributed by atoms with Crippen LogP contribution in [0.25, 0.3) is 0 Å². The average molecular weight is 261 g/mol. The van der Waals surface area contributed by atoms with Crippen LogP contribution < -0.4 is 9.70 Å². The molecule has 0 saturated heterocycles. The fraction of sp³-hybridized carbons (Fsp3) is 0.231. The number of anilines is 1. The standard InChI is InChI=1S/C13H15N3OS/c1-15(2)11-6-4-5-10(9-11)12(17)14-13-16(3)7-8-18-13/h4-9H,1-3H3. The van der Waals surface area contributed by atoms with Crippen LogP contribution in [0.15, 0.2) is 40.8 Å². The summed E-state index contributed by atoms with van der Waals surface area (Å²) < 4.78 is 1.83. The zero-order chi connectivity index (χ0) is 13.1. The number of aryl methyl sites for hydroxylation is 1. The SMILES string of the molecule is CN(C)c1cccc(C(=O)N=c2sccn2C)c1. The van der Waals surface area contributed by atoms with Gasteiger partial charge in [-0.05, 0) is 18.2 Å². The molecule has 0 saturated carbocycles. The van der Waals surface area contributed by atoms with Crippen LogP contribution in [0.5, 0.6) is 0 Å². The predicted molar refractivity (Wildman–Crippen MR) is 74.0 cm³/mol. The Labute approximate surface area is 110 Å². The molecule has 1 aromatic heterocycles. The van der Waals surface area contributed by atoms with Crippen molar-refractivity contribution in [1.29, 1.82) is 0 Å². The topological polar surface area (TPSA) is 37.6 Å². The Kier molecular flexibility index (Phi) is 3.62. The Hall–Kier alpha value is -1.88. The van der Waals surface area contributed by atoms with Crippen LogP contribution in [0.4, 0.5) is 5.69 Å². The fourth-order valence-corrected chi connectivity index (χ4v) is 2.23. The molecule has 0 unspecified atom stereocenters. The van der Waals surface area contributed by atoms with Gasteiger partial charge in [-0.25, -0.2) is 0 Å². The Bertz CT molecular complexity index is 625. The van der Waals surface area contributed by atoms with Crippen LogP contribution >= 0.6 is 11.3 Å². The van der Waals surface area contributed by atoms with Gasteiger partial charge in [0, 0.05) is 44.0 Å². The second kappa shape index (κ2) is 5.18. The second-order valence-corrected chi connectivity index (χ2v) is 5.03. The first-order chi connectivity index (χ1) is 8.58. The third-order valence-electron chi connectivity index (χ3n) is 2.57. The molecule has 0 N–H and O–H groups in total. The highest BCUT2D eigenvalue weighted by Gasteiger charge is 2.06. The summed E-state index contributed by atoms with van der Waals surface area (Å²) in [5, 5.41) is 1.91. The number of hydrogen-bond donors (Lipinski definition) is 0. The van der Waals surface area contributed by atoms with Crippen molar-refractivity contribution in [3.05, 3.63) is 46.2 Å². The molecular formula is C13H15N3OS. The number of aromatic nitrogens is 1. The molecule has 5 heteroatoms. The van der Waals surface area contributed by atoms with E-state index < -0.39 is 0 Å². The monoisotopic (exact) mass is 261 g/mol. The number of nitrogens with zero attached hydrogens (tertiary/aromatic N) is 3. The van der Waals surface area contributed by atoms with Crippen molar-refractivity contribution in [2.24, 2.45) is 12.0 Å². The van der Waals surface area contributed by atoms with E-state index in [1.165, 1.54) is 11.3 Å². The smallest absolute Gasteiger partial charge is 0.279 e. The summed E-state index contributed by atoms with van der Waals surface area (Å²) in [6, 6.07) is 7.46. The summed E-state index contributed by atoms with van der Waals surface area (Å²) in [7, 11) is 5.76. The highest BCUT2D eigenvalue weighted by atomic mass is 32.1. The molecule has 1 heterocycles. The first kappa shape index (κ1) is 12.6. The zero-order valence-electron chi connectivity index (χ0n) is 10.6. The van der Waals surface area contributed by atoms with Crippen LogP contribution in [0.3, 0.4) is 0 Å². The zero-order valence-corrected chi connectivity index (χ0v) is 11.4. The number of carbonyl (C=O) groups is 1. The van der Waals surface area contributed by atoms with Crippen LogP contribution in [0.2, 0.25) is 0 Å². The van der Waals surface area contributed by atoms with E-state index in [9.17, 15) is 4.79 Å². The third kappa shape index (κ3) is 2.68. The van der Waals surface area contributed by atoms with Crippen molar-refractivity contribution in [3.63, 3.8) is 0 Å². The van der Waals surface area contributed by atoms with E-state index >= 15 is 0 Å². The van der Waals surface area contributed by atoms with E-state index in [1.54, 1.807) is 6.07 Å². The van der Waals surface area contributed by atoms with Crippen molar-refractivity contribution < 1.29 is 4.79 Å². The molecule has 94 valence electrons. The van der Waals surface area contributed by atoms with Gasteiger partial charge in [-0.2, -0.15) is 4.99 Å². The number of rotatable bonds is 2. The van der Waals surface area contributed by atoms with E-state index in [1.807, 2.05) is 60.4 Å². The first-order valence-corrected chi connectivity index (χ1v) is 6.42. The number of amides is 1. The van der Waals surface area contributed by atoms with E-state index in [0.717, 1.165) is 5.69 Å². The molecule has 1 aromatic carbocycles. The van der Waals surface area contributed by atoms with Gasteiger partial charge >= 0.3 is 0 Å².